The SMILES string of the molecule is O=C(C1CCC1)N1CCN(CCc2cccc(Cl)c2)CC1. The standard InChI is InChI=1S/C17H23ClN2O/c18-16-6-1-3-14(13-16)7-8-19-9-11-20(12-10-19)17(21)15-4-2-5-15/h1,3,6,13,15H,2,4-5,7-12H2. The average Bonchev–Trinajstić information content (AvgIpc) is 2.44. The lowest BCUT2D eigenvalue weighted by molar-refractivity contribution is -0.139. The van der Waals surface area contributed by atoms with E-state index in [1.54, 1.807) is 0 Å². The fourth-order valence-electron chi connectivity index (χ4n) is 3.08. The highest BCUT2D eigenvalue weighted by atomic mass is 35.5. The monoisotopic (exact) mass is 306 g/mol. The van der Waals surface area contributed by atoms with Crippen LogP contribution >= 0.6 is 11.6 Å². The van der Waals surface area contributed by atoms with E-state index in [0.29, 0.717) is 11.8 Å². The molecule has 3 rings (SSSR count). The highest BCUT2D eigenvalue weighted by Gasteiger charge is 2.30. The van der Waals surface area contributed by atoms with Gasteiger partial charge in [0.15, 0.2) is 0 Å². The number of carbonyl (C=O) groups excluding carboxylic acids is 1. The van der Waals surface area contributed by atoms with Gasteiger partial charge in [-0.3, -0.25) is 9.69 Å². The first-order chi connectivity index (χ1) is 10.2. The molecule has 0 radical (unpaired) electrons. The van der Waals surface area contributed by atoms with E-state index in [2.05, 4.69) is 15.9 Å². The van der Waals surface area contributed by atoms with Crippen molar-refractivity contribution in [2.24, 2.45) is 5.92 Å². The van der Waals surface area contributed by atoms with E-state index in [-0.39, 0.29) is 0 Å². The van der Waals surface area contributed by atoms with E-state index in [1.165, 1.54) is 12.0 Å². The first-order valence-electron chi connectivity index (χ1n) is 7.98. The van der Waals surface area contributed by atoms with Gasteiger partial charge in [-0.25, -0.2) is 0 Å². The van der Waals surface area contributed by atoms with Gasteiger partial charge in [0.25, 0.3) is 0 Å². The van der Waals surface area contributed by atoms with Gasteiger partial charge in [0, 0.05) is 43.7 Å². The smallest absolute Gasteiger partial charge is 0.225 e. The van der Waals surface area contributed by atoms with Crippen molar-refractivity contribution >= 4 is 17.5 Å². The van der Waals surface area contributed by atoms with Gasteiger partial charge < -0.3 is 4.90 Å². The van der Waals surface area contributed by atoms with Crippen LogP contribution in [0.5, 0.6) is 0 Å². The summed E-state index contributed by atoms with van der Waals surface area (Å²) in [7, 11) is 0. The first kappa shape index (κ1) is 14.9. The van der Waals surface area contributed by atoms with E-state index in [1.807, 2.05) is 18.2 Å². The van der Waals surface area contributed by atoms with Crippen molar-refractivity contribution in [1.29, 1.82) is 0 Å². The van der Waals surface area contributed by atoms with Crippen molar-refractivity contribution in [3.05, 3.63) is 34.9 Å². The molecule has 21 heavy (non-hydrogen) atoms. The maximum atomic E-state index is 12.2. The molecule has 0 bridgehead atoms. The highest BCUT2D eigenvalue weighted by Crippen LogP contribution is 2.28. The van der Waals surface area contributed by atoms with Crippen LogP contribution in [-0.4, -0.2) is 48.4 Å². The average molecular weight is 307 g/mol. The molecular weight excluding hydrogens is 284 g/mol. The number of amides is 1. The molecule has 1 saturated heterocycles. The van der Waals surface area contributed by atoms with Gasteiger partial charge in [0.2, 0.25) is 5.91 Å². The predicted octanol–water partition coefficient (Wildman–Crippen LogP) is 2.83. The van der Waals surface area contributed by atoms with Gasteiger partial charge in [-0.2, -0.15) is 0 Å². The largest absolute Gasteiger partial charge is 0.340 e. The van der Waals surface area contributed by atoms with Gasteiger partial charge in [-0.15, -0.1) is 0 Å². The molecule has 1 saturated carbocycles. The van der Waals surface area contributed by atoms with E-state index in [9.17, 15) is 4.79 Å². The molecule has 3 nitrogen and oxygen atoms in total. The summed E-state index contributed by atoms with van der Waals surface area (Å²) in [5.41, 5.74) is 1.29. The van der Waals surface area contributed by atoms with Crippen LogP contribution in [0, 0.1) is 5.92 Å². The van der Waals surface area contributed by atoms with Gasteiger partial charge in [0.1, 0.15) is 0 Å². The fourth-order valence-corrected chi connectivity index (χ4v) is 3.30. The van der Waals surface area contributed by atoms with Crippen molar-refractivity contribution in [2.45, 2.75) is 25.7 Å². The number of nitrogens with zero attached hydrogens (tertiary/aromatic N) is 2. The van der Waals surface area contributed by atoms with E-state index in [0.717, 1.165) is 57.0 Å². The third kappa shape index (κ3) is 3.78. The molecular formula is C17H23ClN2O. The second kappa shape index (κ2) is 6.80. The number of carbonyl (C=O) groups is 1. The fraction of sp³-hybridized carbons (Fsp3) is 0.588. The maximum Gasteiger partial charge on any atom is 0.225 e. The molecule has 0 N–H and O–H groups in total. The molecule has 4 heteroatoms. The summed E-state index contributed by atoms with van der Waals surface area (Å²) in [5.74, 6) is 0.735. The zero-order chi connectivity index (χ0) is 14.7. The second-order valence-electron chi connectivity index (χ2n) is 6.17. The lowest BCUT2D eigenvalue weighted by Gasteiger charge is -2.38. The Kier molecular flexibility index (Phi) is 4.81. The topological polar surface area (TPSA) is 23.6 Å². The Labute approximate surface area is 131 Å². The summed E-state index contributed by atoms with van der Waals surface area (Å²) >= 11 is 6.01. The van der Waals surface area contributed by atoms with Crippen LogP contribution < -0.4 is 0 Å². The minimum Gasteiger partial charge on any atom is -0.340 e. The summed E-state index contributed by atoms with van der Waals surface area (Å²) in [6.07, 6.45) is 4.47. The summed E-state index contributed by atoms with van der Waals surface area (Å²) in [6.45, 7) is 4.83. The first-order valence-corrected chi connectivity index (χ1v) is 8.36. The Hall–Kier alpha value is -1.06. The van der Waals surface area contributed by atoms with Gasteiger partial charge in [0.05, 0.1) is 0 Å². The summed E-state index contributed by atoms with van der Waals surface area (Å²) in [5, 5.41) is 0.809. The van der Waals surface area contributed by atoms with Crippen molar-refractivity contribution in [3.8, 4) is 0 Å². The van der Waals surface area contributed by atoms with Crippen LogP contribution in [0.4, 0.5) is 0 Å². The van der Waals surface area contributed by atoms with Crippen LogP contribution in [0.3, 0.4) is 0 Å². The Bertz CT molecular complexity index is 493. The molecule has 0 aromatic heterocycles. The summed E-state index contributed by atoms with van der Waals surface area (Å²) in [4.78, 5) is 16.7. The second-order valence-corrected chi connectivity index (χ2v) is 6.61. The van der Waals surface area contributed by atoms with Gasteiger partial charge >= 0.3 is 0 Å². The Balaban J connectivity index is 1.42. The van der Waals surface area contributed by atoms with E-state index >= 15 is 0 Å². The van der Waals surface area contributed by atoms with Crippen molar-refractivity contribution in [3.63, 3.8) is 0 Å². The van der Waals surface area contributed by atoms with Crippen LogP contribution in [-0.2, 0) is 11.2 Å². The third-order valence-electron chi connectivity index (χ3n) is 4.74. The van der Waals surface area contributed by atoms with Crippen LogP contribution in [0.2, 0.25) is 5.02 Å². The number of halogens is 1. The molecule has 1 aromatic rings. The lowest BCUT2D eigenvalue weighted by Crippen LogP contribution is -2.51. The number of hydrogen-bond donors (Lipinski definition) is 0. The lowest BCUT2D eigenvalue weighted by atomic mass is 9.84. The number of rotatable bonds is 4. The zero-order valence-electron chi connectivity index (χ0n) is 12.4. The molecule has 0 atom stereocenters. The Morgan fingerprint density at radius 2 is 1.95 bits per heavy atom. The molecule has 1 aliphatic carbocycles. The van der Waals surface area contributed by atoms with Crippen molar-refractivity contribution in [2.75, 3.05) is 32.7 Å². The quantitative estimate of drug-likeness (QED) is 0.854. The molecule has 1 aliphatic heterocycles. The summed E-state index contributed by atoms with van der Waals surface area (Å²) in [6, 6.07) is 8.09. The predicted molar refractivity (Wildman–Crippen MR) is 85.5 cm³/mol. The molecule has 114 valence electrons. The number of benzene rings is 1. The zero-order valence-corrected chi connectivity index (χ0v) is 13.2. The highest BCUT2D eigenvalue weighted by molar-refractivity contribution is 6.30. The molecule has 2 aliphatic rings. The molecule has 1 heterocycles. The normalized spacial score (nSPS) is 20.3. The summed E-state index contributed by atoms with van der Waals surface area (Å²) < 4.78 is 0. The van der Waals surface area contributed by atoms with Crippen molar-refractivity contribution in [1.82, 2.24) is 9.80 Å². The minimum atomic E-state index is 0.336. The minimum absolute atomic E-state index is 0.336. The van der Waals surface area contributed by atoms with Gasteiger partial charge in [-0.1, -0.05) is 30.2 Å². The van der Waals surface area contributed by atoms with Gasteiger partial charge in [-0.05, 0) is 37.0 Å². The Morgan fingerprint density at radius 1 is 1.19 bits per heavy atom. The van der Waals surface area contributed by atoms with Crippen LogP contribution in [0.1, 0.15) is 24.8 Å². The third-order valence-corrected chi connectivity index (χ3v) is 4.98. The number of piperazine rings is 1. The molecule has 1 amide bonds. The molecule has 0 unspecified atom stereocenters. The number of hydrogen-bond acceptors (Lipinski definition) is 2. The molecule has 0 spiro atoms. The maximum absolute atomic E-state index is 12.2. The molecule has 2 fully saturated rings. The Morgan fingerprint density at radius 3 is 2.57 bits per heavy atom. The molecule has 1 aromatic carbocycles. The van der Waals surface area contributed by atoms with Crippen LogP contribution in [0.15, 0.2) is 24.3 Å². The van der Waals surface area contributed by atoms with E-state index < -0.39 is 0 Å². The van der Waals surface area contributed by atoms with Crippen LogP contribution in [0.25, 0.3) is 0 Å². The van der Waals surface area contributed by atoms with Crippen molar-refractivity contribution < 1.29 is 4.79 Å². The van der Waals surface area contributed by atoms with E-state index in [4.69, 9.17) is 11.6 Å².